The Bertz CT molecular complexity index is 963. The van der Waals surface area contributed by atoms with E-state index < -0.39 is 42.3 Å². The molecule has 0 radical (unpaired) electrons. The third-order valence-electron chi connectivity index (χ3n) is 5.97. The third kappa shape index (κ3) is 6.07. The molecule has 35 heavy (non-hydrogen) atoms. The van der Waals surface area contributed by atoms with Crippen LogP contribution >= 0.6 is 0 Å². The van der Waals surface area contributed by atoms with Crippen LogP contribution in [0.2, 0.25) is 0 Å². The highest BCUT2D eigenvalue weighted by molar-refractivity contribution is 5.88. The second kappa shape index (κ2) is 10.4. The quantitative estimate of drug-likeness (QED) is 0.306. The lowest BCUT2D eigenvalue weighted by Crippen LogP contribution is -2.70. The molecule has 1 aromatic carbocycles. The van der Waals surface area contributed by atoms with Crippen molar-refractivity contribution in [3.63, 3.8) is 0 Å². The number of benzene rings is 1. The van der Waals surface area contributed by atoms with Crippen molar-refractivity contribution in [2.24, 2.45) is 0 Å². The molecule has 0 spiro atoms. The van der Waals surface area contributed by atoms with Crippen LogP contribution in [0.3, 0.4) is 0 Å². The van der Waals surface area contributed by atoms with Gasteiger partial charge in [-0.1, -0.05) is 30.3 Å². The van der Waals surface area contributed by atoms with Crippen LogP contribution in [0.25, 0.3) is 0 Å². The standard InChI is InChI=1S/C25H31NO9/c1-15(27)30-13-19-18(32-16(2)28)10-11-21(33-19)34-23-22(20-14-31-25(3,4)35-20)26(24(23)29)12-17-8-6-5-7-9-17/h5-11,18-23H,12-14H2,1-4H3/t18-,19+,20?,21+,22?,23?/m0/s1. The molecule has 2 fully saturated rings. The maximum absolute atomic E-state index is 13.2. The molecule has 0 saturated carbocycles. The molecule has 6 atom stereocenters. The van der Waals surface area contributed by atoms with E-state index in [0.717, 1.165) is 5.56 Å². The van der Waals surface area contributed by atoms with Crippen molar-refractivity contribution >= 4 is 17.8 Å². The summed E-state index contributed by atoms with van der Waals surface area (Å²) < 4.78 is 34.1. The van der Waals surface area contributed by atoms with E-state index in [4.69, 9.17) is 28.4 Å². The Kier molecular flexibility index (Phi) is 7.56. The molecular formula is C25H31NO9. The first-order valence-corrected chi connectivity index (χ1v) is 11.6. The molecule has 10 heteroatoms. The summed E-state index contributed by atoms with van der Waals surface area (Å²) in [5, 5.41) is 0. The molecule has 3 heterocycles. The first kappa shape index (κ1) is 25.3. The van der Waals surface area contributed by atoms with Crippen LogP contribution in [0, 0.1) is 0 Å². The van der Waals surface area contributed by atoms with Crippen molar-refractivity contribution in [1.29, 1.82) is 0 Å². The third-order valence-corrected chi connectivity index (χ3v) is 5.97. The lowest BCUT2D eigenvalue weighted by Gasteiger charge is -2.49. The first-order valence-electron chi connectivity index (χ1n) is 11.6. The van der Waals surface area contributed by atoms with Crippen LogP contribution in [0.5, 0.6) is 0 Å². The summed E-state index contributed by atoms with van der Waals surface area (Å²) in [6, 6.07) is 9.28. The Hall–Kier alpha value is -2.79. The average molecular weight is 490 g/mol. The van der Waals surface area contributed by atoms with Gasteiger partial charge in [-0.15, -0.1) is 0 Å². The molecule has 3 aliphatic rings. The summed E-state index contributed by atoms with van der Waals surface area (Å²) in [5.41, 5.74) is 0.988. The van der Waals surface area contributed by atoms with Crippen molar-refractivity contribution < 1.29 is 42.8 Å². The van der Waals surface area contributed by atoms with Crippen molar-refractivity contribution in [1.82, 2.24) is 4.90 Å². The topological polar surface area (TPSA) is 110 Å². The van der Waals surface area contributed by atoms with Crippen molar-refractivity contribution in [3.8, 4) is 0 Å². The van der Waals surface area contributed by atoms with Gasteiger partial charge in [0.05, 0.1) is 12.6 Å². The van der Waals surface area contributed by atoms with E-state index in [0.29, 0.717) is 13.2 Å². The normalized spacial score (nSPS) is 31.7. The minimum Gasteiger partial charge on any atom is -0.463 e. The van der Waals surface area contributed by atoms with E-state index in [1.807, 2.05) is 44.2 Å². The molecule has 10 nitrogen and oxygen atoms in total. The molecule has 1 amide bonds. The number of rotatable bonds is 8. The molecule has 3 unspecified atom stereocenters. The average Bonchev–Trinajstić information content (AvgIpc) is 3.16. The first-order chi connectivity index (χ1) is 16.6. The number of carbonyl (C=O) groups excluding carboxylic acids is 3. The van der Waals surface area contributed by atoms with Gasteiger partial charge in [-0.2, -0.15) is 0 Å². The van der Waals surface area contributed by atoms with Crippen LogP contribution in [-0.4, -0.2) is 78.5 Å². The molecule has 4 rings (SSSR count). The fraction of sp³-hybridized carbons (Fsp3) is 0.560. The number of esters is 2. The summed E-state index contributed by atoms with van der Waals surface area (Å²) in [6.45, 7) is 6.81. The van der Waals surface area contributed by atoms with Gasteiger partial charge in [0.15, 0.2) is 18.2 Å². The number of carbonyl (C=O) groups is 3. The fourth-order valence-electron chi connectivity index (χ4n) is 4.40. The number of likely N-dealkylation sites (tertiary alicyclic amines) is 1. The molecule has 1 aromatic rings. The van der Waals surface area contributed by atoms with Gasteiger partial charge >= 0.3 is 11.9 Å². The SMILES string of the molecule is CC(=O)OC[C@H]1O[C@H](OC2C(=O)N(Cc3ccccc3)C2C2COC(C)(C)O2)C=C[C@@H]1OC(C)=O. The van der Waals surface area contributed by atoms with Crippen LogP contribution in [0.1, 0.15) is 33.3 Å². The van der Waals surface area contributed by atoms with E-state index in [2.05, 4.69) is 0 Å². The molecule has 0 N–H and O–H groups in total. The number of hydrogen-bond acceptors (Lipinski definition) is 9. The highest BCUT2D eigenvalue weighted by Gasteiger charge is 2.56. The van der Waals surface area contributed by atoms with Crippen molar-refractivity contribution in [2.45, 2.75) is 76.8 Å². The Balaban J connectivity index is 1.48. The largest absolute Gasteiger partial charge is 0.463 e. The van der Waals surface area contributed by atoms with Crippen LogP contribution in [0.4, 0.5) is 0 Å². The van der Waals surface area contributed by atoms with Gasteiger partial charge in [-0.05, 0) is 31.6 Å². The van der Waals surface area contributed by atoms with Gasteiger partial charge in [0.2, 0.25) is 0 Å². The van der Waals surface area contributed by atoms with Crippen molar-refractivity contribution in [3.05, 3.63) is 48.0 Å². The summed E-state index contributed by atoms with van der Waals surface area (Å²) in [6.07, 6.45) is -0.448. The smallest absolute Gasteiger partial charge is 0.303 e. The highest BCUT2D eigenvalue weighted by atomic mass is 16.7. The Morgan fingerprint density at radius 3 is 2.49 bits per heavy atom. The molecule has 0 bridgehead atoms. The maximum atomic E-state index is 13.2. The minimum atomic E-state index is -0.909. The lowest BCUT2D eigenvalue weighted by molar-refractivity contribution is -0.245. The zero-order valence-corrected chi connectivity index (χ0v) is 20.2. The summed E-state index contributed by atoms with van der Waals surface area (Å²) >= 11 is 0. The zero-order valence-electron chi connectivity index (χ0n) is 20.2. The molecule has 190 valence electrons. The monoisotopic (exact) mass is 489 g/mol. The van der Waals surface area contributed by atoms with Gasteiger partial charge < -0.3 is 33.3 Å². The van der Waals surface area contributed by atoms with E-state index >= 15 is 0 Å². The van der Waals surface area contributed by atoms with E-state index in [9.17, 15) is 14.4 Å². The van der Waals surface area contributed by atoms with Crippen LogP contribution in [-0.2, 0) is 49.3 Å². The van der Waals surface area contributed by atoms with Gasteiger partial charge in [0.25, 0.3) is 5.91 Å². The number of nitrogens with zero attached hydrogens (tertiary/aromatic N) is 1. The fourth-order valence-corrected chi connectivity index (χ4v) is 4.40. The number of hydrogen-bond donors (Lipinski definition) is 0. The van der Waals surface area contributed by atoms with Gasteiger partial charge in [0.1, 0.15) is 24.9 Å². The maximum Gasteiger partial charge on any atom is 0.303 e. The number of β-lactam (4-membered cyclic amide) rings is 1. The summed E-state index contributed by atoms with van der Waals surface area (Å²) in [5.74, 6) is -1.95. The van der Waals surface area contributed by atoms with Crippen LogP contribution < -0.4 is 0 Å². The Morgan fingerprint density at radius 1 is 1.11 bits per heavy atom. The molecule has 3 aliphatic heterocycles. The van der Waals surface area contributed by atoms with Crippen molar-refractivity contribution in [2.75, 3.05) is 13.2 Å². The van der Waals surface area contributed by atoms with E-state index in [-0.39, 0.29) is 24.7 Å². The predicted octanol–water partition coefficient (Wildman–Crippen LogP) is 1.71. The van der Waals surface area contributed by atoms with Gasteiger partial charge in [-0.25, -0.2) is 0 Å². The second-order valence-corrected chi connectivity index (χ2v) is 9.17. The van der Waals surface area contributed by atoms with Gasteiger partial charge in [0, 0.05) is 20.4 Å². The minimum absolute atomic E-state index is 0.132. The Labute approximate surface area is 204 Å². The zero-order chi connectivity index (χ0) is 25.2. The number of ether oxygens (including phenoxy) is 6. The highest BCUT2D eigenvalue weighted by Crippen LogP contribution is 2.36. The van der Waals surface area contributed by atoms with E-state index in [1.54, 1.807) is 17.1 Å². The predicted molar refractivity (Wildman–Crippen MR) is 121 cm³/mol. The molecule has 0 aliphatic carbocycles. The van der Waals surface area contributed by atoms with Crippen LogP contribution in [0.15, 0.2) is 42.5 Å². The van der Waals surface area contributed by atoms with E-state index in [1.165, 1.54) is 13.8 Å². The lowest BCUT2D eigenvalue weighted by atomic mass is 9.91. The molecular weight excluding hydrogens is 458 g/mol. The van der Waals surface area contributed by atoms with Gasteiger partial charge in [-0.3, -0.25) is 14.4 Å². The number of amides is 1. The summed E-state index contributed by atoms with van der Waals surface area (Å²) in [7, 11) is 0. The summed E-state index contributed by atoms with van der Waals surface area (Å²) in [4.78, 5) is 37.6. The Morgan fingerprint density at radius 2 is 1.86 bits per heavy atom. The molecule has 0 aromatic heterocycles. The molecule has 2 saturated heterocycles. The second-order valence-electron chi connectivity index (χ2n) is 9.17.